The Morgan fingerprint density at radius 2 is 1.89 bits per heavy atom. The average Bonchev–Trinajstić information content (AvgIpc) is 2.64. The highest BCUT2D eigenvalue weighted by Gasteiger charge is 2.29. The fourth-order valence-corrected chi connectivity index (χ4v) is 2.31. The molecule has 2 rings (SSSR count). The third-order valence-electron chi connectivity index (χ3n) is 3.72. The number of rotatable bonds is 7. The van der Waals surface area contributed by atoms with E-state index < -0.39 is 36.6 Å². The minimum atomic E-state index is -4.53. The van der Waals surface area contributed by atoms with Crippen LogP contribution in [0.1, 0.15) is 28.9 Å². The molecular formula is C18H17F3N2O4. The van der Waals surface area contributed by atoms with Crippen molar-refractivity contribution < 1.29 is 32.6 Å². The number of carbonyl (C=O) groups is 2. The molecule has 2 N–H and O–H groups in total. The number of benzene rings is 1. The average molecular weight is 382 g/mol. The summed E-state index contributed by atoms with van der Waals surface area (Å²) in [4.78, 5) is 27.5. The normalized spacial score (nSPS) is 13.5. The van der Waals surface area contributed by atoms with Crippen molar-refractivity contribution in [1.29, 1.82) is 0 Å². The van der Waals surface area contributed by atoms with Gasteiger partial charge in [-0.25, -0.2) is 4.98 Å². The van der Waals surface area contributed by atoms with Crippen molar-refractivity contribution in [2.75, 3.05) is 6.61 Å². The van der Waals surface area contributed by atoms with Gasteiger partial charge in [-0.3, -0.25) is 9.59 Å². The standard InChI is InChI=1S/C18H17F3N2O4/c1-11(17(25)26)15(12-5-3-2-4-6-12)23-16(24)13-7-8-22-14(9-13)27-10-18(19,20)21/h2-9,11,15H,10H2,1H3,(H,23,24)(H,25,26). The van der Waals surface area contributed by atoms with Crippen LogP contribution in [0, 0.1) is 5.92 Å². The predicted octanol–water partition coefficient (Wildman–Crippen LogP) is 3.21. The van der Waals surface area contributed by atoms with Gasteiger partial charge in [0, 0.05) is 17.8 Å². The van der Waals surface area contributed by atoms with E-state index in [1.807, 2.05) is 0 Å². The van der Waals surface area contributed by atoms with E-state index in [1.54, 1.807) is 30.3 Å². The number of alkyl halides is 3. The number of aliphatic carboxylic acids is 1. The molecule has 0 radical (unpaired) electrons. The maximum Gasteiger partial charge on any atom is 0.422 e. The van der Waals surface area contributed by atoms with Gasteiger partial charge in [0.25, 0.3) is 5.91 Å². The van der Waals surface area contributed by atoms with Gasteiger partial charge in [-0.15, -0.1) is 0 Å². The Hall–Kier alpha value is -3.10. The number of nitrogens with one attached hydrogen (secondary N) is 1. The highest BCUT2D eigenvalue weighted by molar-refractivity contribution is 5.95. The monoisotopic (exact) mass is 382 g/mol. The van der Waals surface area contributed by atoms with Crippen molar-refractivity contribution in [2.24, 2.45) is 5.92 Å². The zero-order chi connectivity index (χ0) is 20.0. The third-order valence-corrected chi connectivity index (χ3v) is 3.72. The molecule has 1 amide bonds. The molecule has 2 aromatic rings. The number of hydrogen-bond acceptors (Lipinski definition) is 4. The summed E-state index contributed by atoms with van der Waals surface area (Å²) < 4.78 is 41.2. The third kappa shape index (κ3) is 5.98. The van der Waals surface area contributed by atoms with Gasteiger partial charge in [-0.2, -0.15) is 13.2 Å². The molecule has 2 atom stereocenters. The van der Waals surface area contributed by atoms with Crippen LogP contribution in [0.4, 0.5) is 13.2 Å². The molecule has 144 valence electrons. The SMILES string of the molecule is CC(C(=O)O)C(NC(=O)c1ccnc(OCC(F)(F)F)c1)c1ccccc1. The molecule has 2 unspecified atom stereocenters. The van der Waals surface area contributed by atoms with Crippen LogP contribution >= 0.6 is 0 Å². The van der Waals surface area contributed by atoms with Crippen LogP contribution in [0.15, 0.2) is 48.7 Å². The maximum atomic E-state index is 12.5. The summed E-state index contributed by atoms with van der Waals surface area (Å²) in [5, 5.41) is 11.9. The number of halogens is 3. The van der Waals surface area contributed by atoms with Gasteiger partial charge in [0.05, 0.1) is 12.0 Å². The molecule has 9 heteroatoms. The lowest BCUT2D eigenvalue weighted by Crippen LogP contribution is -2.35. The van der Waals surface area contributed by atoms with Crippen molar-refractivity contribution in [3.05, 3.63) is 59.8 Å². The maximum absolute atomic E-state index is 12.5. The van der Waals surface area contributed by atoms with Gasteiger partial charge >= 0.3 is 12.1 Å². The quantitative estimate of drug-likeness (QED) is 0.768. The summed E-state index contributed by atoms with van der Waals surface area (Å²) >= 11 is 0. The predicted molar refractivity (Wildman–Crippen MR) is 89.2 cm³/mol. The van der Waals surface area contributed by atoms with Crippen LogP contribution in [-0.2, 0) is 4.79 Å². The van der Waals surface area contributed by atoms with Gasteiger partial charge in [-0.1, -0.05) is 30.3 Å². The van der Waals surface area contributed by atoms with E-state index >= 15 is 0 Å². The van der Waals surface area contributed by atoms with E-state index in [2.05, 4.69) is 15.0 Å². The van der Waals surface area contributed by atoms with E-state index in [0.29, 0.717) is 5.56 Å². The number of aromatic nitrogens is 1. The van der Waals surface area contributed by atoms with Crippen LogP contribution in [-0.4, -0.2) is 34.8 Å². The molecule has 1 aromatic heterocycles. The lowest BCUT2D eigenvalue weighted by Gasteiger charge is -2.23. The number of nitrogens with zero attached hydrogens (tertiary/aromatic N) is 1. The molecule has 0 saturated heterocycles. The molecule has 0 aliphatic heterocycles. The van der Waals surface area contributed by atoms with Gasteiger partial charge in [0.15, 0.2) is 6.61 Å². The minimum Gasteiger partial charge on any atom is -0.481 e. The second-order valence-corrected chi connectivity index (χ2v) is 5.78. The Bertz CT molecular complexity index is 797. The van der Waals surface area contributed by atoms with E-state index in [1.165, 1.54) is 13.0 Å². The Balaban J connectivity index is 2.19. The Morgan fingerprint density at radius 1 is 1.22 bits per heavy atom. The number of pyridine rings is 1. The summed E-state index contributed by atoms with van der Waals surface area (Å²) in [6.07, 6.45) is -3.39. The number of carboxylic acids is 1. The largest absolute Gasteiger partial charge is 0.481 e. The zero-order valence-electron chi connectivity index (χ0n) is 14.2. The van der Waals surface area contributed by atoms with Crippen LogP contribution in [0.5, 0.6) is 5.88 Å². The minimum absolute atomic E-state index is 0.000643. The van der Waals surface area contributed by atoms with Crippen molar-refractivity contribution in [3.63, 3.8) is 0 Å². The van der Waals surface area contributed by atoms with Crippen molar-refractivity contribution in [2.45, 2.75) is 19.1 Å². The van der Waals surface area contributed by atoms with Crippen LogP contribution in [0.2, 0.25) is 0 Å². The molecule has 0 spiro atoms. The molecule has 1 aromatic carbocycles. The highest BCUT2D eigenvalue weighted by Crippen LogP contribution is 2.23. The highest BCUT2D eigenvalue weighted by atomic mass is 19.4. The van der Waals surface area contributed by atoms with E-state index in [4.69, 9.17) is 0 Å². The second kappa shape index (κ2) is 8.52. The number of ether oxygens (including phenoxy) is 1. The lowest BCUT2D eigenvalue weighted by molar-refractivity contribution is -0.154. The first-order valence-corrected chi connectivity index (χ1v) is 7.91. The molecule has 0 fully saturated rings. The number of hydrogen-bond donors (Lipinski definition) is 2. The molecule has 1 heterocycles. The number of amides is 1. The molecule has 0 saturated carbocycles. The summed E-state index contributed by atoms with van der Waals surface area (Å²) in [7, 11) is 0. The molecule has 0 bridgehead atoms. The number of carbonyl (C=O) groups excluding carboxylic acids is 1. The Labute approximate surface area is 153 Å². The topological polar surface area (TPSA) is 88.5 Å². The van der Waals surface area contributed by atoms with Crippen LogP contribution in [0.25, 0.3) is 0 Å². The first-order valence-electron chi connectivity index (χ1n) is 7.91. The number of carboxylic acid groups (broad SMARTS) is 1. The van der Waals surface area contributed by atoms with E-state index in [9.17, 15) is 27.9 Å². The molecular weight excluding hydrogens is 365 g/mol. The van der Waals surface area contributed by atoms with Gasteiger partial charge in [-0.05, 0) is 18.6 Å². The fraction of sp³-hybridized carbons (Fsp3) is 0.278. The van der Waals surface area contributed by atoms with E-state index in [-0.39, 0.29) is 11.4 Å². The van der Waals surface area contributed by atoms with Crippen molar-refractivity contribution in [1.82, 2.24) is 10.3 Å². The molecule has 0 aliphatic carbocycles. The Kier molecular flexibility index (Phi) is 6.38. The van der Waals surface area contributed by atoms with Crippen molar-refractivity contribution in [3.8, 4) is 5.88 Å². The van der Waals surface area contributed by atoms with E-state index in [0.717, 1.165) is 12.3 Å². The summed E-state index contributed by atoms with van der Waals surface area (Å²) in [5.41, 5.74) is 0.587. The Morgan fingerprint density at radius 3 is 2.48 bits per heavy atom. The molecule has 0 aliphatic rings. The van der Waals surface area contributed by atoms with Crippen molar-refractivity contribution >= 4 is 11.9 Å². The first kappa shape index (κ1) is 20.2. The summed E-state index contributed by atoms with van der Waals surface area (Å²) in [5.74, 6) is -3.05. The second-order valence-electron chi connectivity index (χ2n) is 5.78. The summed E-state index contributed by atoms with van der Waals surface area (Å²) in [6.45, 7) is -0.0849. The molecule has 27 heavy (non-hydrogen) atoms. The van der Waals surface area contributed by atoms with Crippen LogP contribution in [0.3, 0.4) is 0 Å². The zero-order valence-corrected chi connectivity index (χ0v) is 14.2. The summed E-state index contributed by atoms with van der Waals surface area (Å²) in [6, 6.07) is 10.0. The first-order chi connectivity index (χ1) is 12.7. The van der Waals surface area contributed by atoms with Crippen LogP contribution < -0.4 is 10.1 Å². The van der Waals surface area contributed by atoms with Gasteiger partial charge < -0.3 is 15.2 Å². The van der Waals surface area contributed by atoms with Gasteiger partial charge in [0.2, 0.25) is 5.88 Å². The lowest BCUT2D eigenvalue weighted by atomic mass is 9.94. The fourth-order valence-electron chi connectivity index (χ4n) is 2.31. The molecule has 6 nitrogen and oxygen atoms in total. The van der Waals surface area contributed by atoms with Gasteiger partial charge in [0.1, 0.15) is 0 Å². The smallest absolute Gasteiger partial charge is 0.422 e.